The number of aromatic nitrogens is 3. The third kappa shape index (κ3) is 4.80. The molecule has 1 fully saturated rings. The zero-order valence-electron chi connectivity index (χ0n) is 16.5. The number of amides is 1. The Hall–Kier alpha value is -2.35. The SMILES string of the molecule is CNC(C(=O)N1CCN(c2ccc3ccccc3n2)CC1)c1cnn(C)c1.Cl.Cl. The Morgan fingerprint density at radius 2 is 1.79 bits per heavy atom. The molecule has 0 saturated carbocycles. The van der Waals surface area contributed by atoms with Crippen LogP contribution in [0.3, 0.4) is 0 Å². The molecule has 1 aromatic carbocycles. The van der Waals surface area contributed by atoms with Gasteiger partial charge in [-0.25, -0.2) is 4.98 Å². The van der Waals surface area contributed by atoms with Gasteiger partial charge in [0.05, 0.1) is 11.7 Å². The Labute approximate surface area is 182 Å². The van der Waals surface area contributed by atoms with Gasteiger partial charge in [-0.3, -0.25) is 9.48 Å². The van der Waals surface area contributed by atoms with Crippen LogP contribution in [0.5, 0.6) is 0 Å². The molecule has 1 saturated heterocycles. The second kappa shape index (κ2) is 9.91. The predicted molar refractivity (Wildman–Crippen MR) is 120 cm³/mol. The number of hydrogen-bond acceptors (Lipinski definition) is 5. The Kier molecular flexibility index (Phi) is 7.84. The topological polar surface area (TPSA) is 66.3 Å². The minimum atomic E-state index is -0.357. The van der Waals surface area contributed by atoms with E-state index in [1.165, 1.54) is 0 Å². The minimum absolute atomic E-state index is 0. The number of carbonyl (C=O) groups excluding carboxylic acids is 1. The molecule has 1 amide bonds. The number of likely N-dealkylation sites (N-methyl/N-ethyl adjacent to an activating group) is 1. The molecule has 4 rings (SSSR count). The molecule has 0 spiro atoms. The largest absolute Gasteiger partial charge is 0.353 e. The lowest BCUT2D eigenvalue weighted by Gasteiger charge is -2.37. The fourth-order valence-electron chi connectivity index (χ4n) is 3.59. The average molecular weight is 437 g/mol. The molecule has 0 aliphatic carbocycles. The summed E-state index contributed by atoms with van der Waals surface area (Å²) in [6.45, 7) is 2.93. The quantitative estimate of drug-likeness (QED) is 0.679. The molecule has 29 heavy (non-hydrogen) atoms. The fraction of sp³-hybridized carbons (Fsp3) is 0.350. The number of halogens is 2. The van der Waals surface area contributed by atoms with Crippen molar-refractivity contribution in [3.63, 3.8) is 0 Å². The summed E-state index contributed by atoms with van der Waals surface area (Å²) in [6, 6.07) is 11.9. The highest BCUT2D eigenvalue weighted by molar-refractivity contribution is 5.86. The third-order valence-corrected chi connectivity index (χ3v) is 5.09. The third-order valence-electron chi connectivity index (χ3n) is 5.09. The van der Waals surface area contributed by atoms with Crippen LogP contribution in [0.4, 0.5) is 5.82 Å². The van der Waals surface area contributed by atoms with Crippen molar-refractivity contribution in [2.45, 2.75) is 6.04 Å². The first-order valence-corrected chi connectivity index (χ1v) is 9.21. The van der Waals surface area contributed by atoms with E-state index in [0.29, 0.717) is 13.1 Å². The van der Waals surface area contributed by atoms with Gasteiger partial charge < -0.3 is 15.1 Å². The summed E-state index contributed by atoms with van der Waals surface area (Å²) < 4.78 is 1.72. The van der Waals surface area contributed by atoms with E-state index in [1.807, 2.05) is 43.4 Å². The van der Waals surface area contributed by atoms with Gasteiger partial charge in [-0.1, -0.05) is 18.2 Å². The summed E-state index contributed by atoms with van der Waals surface area (Å²) in [5, 5.41) is 8.44. The van der Waals surface area contributed by atoms with Gasteiger partial charge in [0, 0.05) is 50.4 Å². The molecule has 3 aromatic rings. The molecule has 1 N–H and O–H groups in total. The van der Waals surface area contributed by atoms with Crippen LogP contribution in [0.25, 0.3) is 10.9 Å². The molecule has 1 unspecified atom stereocenters. The number of aryl methyl sites for hydroxylation is 1. The number of hydrogen-bond donors (Lipinski definition) is 1. The van der Waals surface area contributed by atoms with Crippen LogP contribution >= 0.6 is 24.8 Å². The molecule has 1 aliphatic rings. The molecular formula is C20H26Cl2N6O. The normalized spacial score (nSPS) is 14.8. The van der Waals surface area contributed by atoms with Gasteiger partial charge in [0.2, 0.25) is 5.91 Å². The van der Waals surface area contributed by atoms with Crippen molar-refractivity contribution in [2.75, 3.05) is 38.1 Å². The summed E-state index contributed by atoms with van der Waals surface area (Å²) >= 11 is 0. The number of pyridine rings is 1. The van der Waals surface area contributed by atoms with Crippen molar-refractivity contribution >= 4 is 47.4 Å². The first-order valence-electron chi connectivity index (χ1n) is 9.21. The summed E-state index contributed by atoms with van der Waals surface area (Å²) in [6.07, 6.45) is 3.63. The Morgan fingerprint density at radius 3 is 2.45 bits per heavy atom. The number of benzene rings is 1. The van der Waals surface area contributed by atoms with Gasteiger partial charge >= 0.3 is 0 Å². The Balaban J connectivity index is 0.00000150. The molecule has 3 heterocycles. The highest BCUT2D eigenvalue weighted by atomic mass is 35.5. The van der Waals surface area contributed by atoms with Crippen molar-refractivity contribution in [3.05, 3.63) is 54.4 Å². The minimum Gasteiger partial charge on any atom is -0.353 e. The maximum absolute atomic E-state index is 12.9. The van der Waals surface area contributed by atoms with E-state index >= 15 is 0 Å². The molecule has 2 aromatic heterocycles. The molecule has 1 atom stereocenters. The van der Waals surface area contributed by atoms with E-state index in [0.717, 1.165) is 35.4 Å². The summed E-state index contributed by atoms with van der Waals surface area (Å²) in [5.41, 5.74) is 1.89. The summed E-state index contributed by atoms with van der Waals surface area (Å²) in [7, 11) is 3.67. The fourth-order valence-corrected chi connectivity index (χ4v) is 3.59. The summed E-state index contributed by atoms with van der Waals surface area (Å²) in [5.74, 6) is 1.06. The van der Waals surface area contributed by atoms with Crippen LogP contribution in [0, 0.1) is 0 Å². The second-order valence-corrected chi connectivity index (χ2v) is 6.84. The average Bonchev–Trinajstić information content (AvgIpc) is 3.14. The van der Waals surface area contributed by atoms with Crippen LogP contribution in [0.2, 0.25) is 0 Å². The van der Waals surface area contributed by atoms with E-state index in [4.69, 9.17) is 4.98 Å². The number of para-hydroxylation sites is 1. The number of nitrogens with one attached hydrogen (secondary N) is 1. The number of anilines is 1. The van der Waals surface area contributed by atoms with Gasteiger partial charge in [0.1, 0.15) is 11.9 Å². The lowest BCUT2D eigenvalue weighted by molar-refractivity contribution is -0.133. The standard InChI is InChI=1S/C20H24N6O.2ClH/c1-21-19(16-13-22-24(2)14-16)20(27)26-11-9-25(10-12-26)18-8-7-15-5-3-4-6-17(15)23-18;;/h3-8,13-14,19,21H,9-12H2,1-2H3;2*1H. The number of nitrogens with zero attached hydrogens (tertiary/aromatic N) is 5. The first kappa shape index (κ1) is 22.9. The molecule has 9 heteroatoms. The van der Waals surface area contributed by atoms with Crippen LogP contribution in [-0.4, -0.2) is 58.8 Å². The number of piperazine rings is 1. The molecule has 7 nitrogen and oxygen atoms in total. The number of fused-ring (bicyclic) bond motifs is 1. The molecular weight excluding hydrogens is 411 g/mol. The van der Waals surface area contributed by atoms with Crippen molar-refractivity contribution in [1.82, 2.24) is 25.0 Å². The first-order chi connectivity index (χ1) is 13.2. The Bertz CT molecular complexity index is 955. The van der Waals surface area contributed by atoms with E-state index in [2.05, 4.69) is 33.5 Å². The van der Waals surface area contributed by atoms with E-state index in [1.54, 1.807) is 10.9 Å². The van der Waals surface area contributed by atoms with Crippen molar-refractivity contribution in [1.29, 1.82) is 0 Å². The van der Waals surface area contributed by atoms with Crippen molar-refractivity contribution in [3.8, 4) is 0 Å². The summed E-state index contributed by atoms with van der Waals surface area (Å²) in [4.78, 5) is 21.9. The van der Waals surface area contributed by atoms with Gasteiger partial charge in [-0.15, -0.1) is 24.8 Å². The molecule has 0 bridgehead atoms. The van der Waals surface area contributed by atoms with E-state index in [-0.39, 0.29) is 36.8 Å². The van der Waals surface area contributed by atoms with Crippen molar-refractivity contribution in [2.24, 2.45) is 7.05 Å². The smallest absolute Gasteiger partial charge is 0.244 e. The lowest BCUT2D eigenvalue weighted by atomic mass is 10.1. The maximum atomic E-state index is 12.9. The van der Waals surface area contributed by atoms with Crippen LogP contribution in [0.15, 0.2) is 48.8 Å². The van der Waals surface area contributed by atoms with E-state index < -0.39 is 0 Å². The molecule has 1 aliphatic heterocycles. The van der Waals surface area contributed by atoms with Gasteiger partial charge in [-0.2, -0.15) is 5.10 Å². The number of carbonyl (C=O) groups is 1. The molecule has 0 radical (unpaired) electrons. The predicted octanol–water partition coefficient (Wildman–Crippen LogP) is 2.42. The van der Waals surface area contributed by atoms with Crippen LogP contribution in [0.1, 0.15) is 11.6 Å². The number of rotatable bonds is 4. The zero-order chi connectivity index (χ0) is 18.8. The lowest BCUT2D eigenvalue weighted by Crippen LogP contribution is -2.51. The van der Waals surface area contributed by atoms with Gasteiger partial charge in [0.25, 0.3) is 0 Å². The van der Waals surface area contributed by atoms with Crippen LogP contribution < -0.4 is 10.2 Å². The maximum Gasteiger partial charge on any atom is 0.244 e. The monoisotopic (exact) mass is 436 g/mol. The van der Waals surface area contributed by atoms with Crippen molar-refractivity contribution < 1.29 is 4.79 Å². The van der Waals surface area contributed by atoms with Crippen LogP contribution in [-0.2, 0) is 11.8 Å². The Morgan fingerprint density at radius 1 is 1.07 bits per heavy atom. The second-order valence-electron chi connectivity index (χ2n) is 6.84. The van der Waals surface area contributed by atoms with E-state index in [9.17, 15) is 4.79 Å². The van der Waals surface area contributed by atoms with Gasteiger partial charge in [0.15, 0.2) is 0 Å². The highest BCUT2D eigenvalue weighted by Crippen LogP contribution is 2.21. The highest BCUT2D eigenvalue weighted by Gasteiger charge is 2.28. The molecule has 156 valence electrons. The zero-order valence-corrected chi connectivity index (χ0v) is 18.1. The van der Waals surface area contributed by atoms with Gasteiger partial charge in [-0.05, 0) is 25.2 Å².